The van der Waals surface area contributed by atoms with Gasteiger partial charge in [0.2, 0.25) is 5.88 Å². The summed E-state index contributed by atoms with van der Waals surface area (Å²) in [6, 6.07) is 0. The summed E-state index contributed by atoms with van der Waals surface area (Å²) in [6.45, 7) is 0. The molecule has 6 heteroatoms. The zero-order valence-corrected chi connectivity index (χ0v) is 8.14. The van der Waals surface area contributed by atoms with Crippen LogP contribution in [0.4, 0.5) is 0 Å². The van der Waals surface area contributed by atoms with Crippen molar-refractivity contribution in [1.29, 1.82) is 0 Å². The lowest BCUT2D eigenvalue weighted by atomic mass is 10.6. The summed E-state index contributed by atoms with van der Waals surface area (Å²) in [5.74, 6) is 0.953. The third kappa shape index (κ3) is 2.00. The summed E-state index contributed by atoms with van der Waals surface area (Å²) in [5.41, 5.74) is 0. The molecule has 0 radical (unpaired) electrons. The fourth-order valence-corrected chi connectivity index (χ4v) is 1.09. The van der Waals surface area contributed by atoms with Gasteiger partial charge in [-0.25, -0.2) is 0 Å². The maximum Gasteiger partial charge on any atom is 0.239 e. The fraction of sp³-hybridized carbons (Fsp3) is 0.125. The van der Waals surface area contributed by atoms with E-state index in [9.17, 15) is 0 Å². The maximum absolute atomic E-state index is 5.64. The number of rotatable bonds is 2. The van der Waals surface area contributed by atoms with E-state index in [1.165, 1.54) is 12.4 Å². The highest BCUT2D eigenvalue weighted by molar-refractivity contribution is 6.29. The standard InChI is InChI=1S/C8H7ClN4O/c1-13-5-6(2-11-13)14-8-4-10-3-7(9)12-8/h2-5H,1H3. The number of ether oxygens (including phenoxy) is 1. The molecule has 0 saturated heterocycles. The first-order valence-electron chi connectivity index (χ1n) is 3.88. The zero-order chi connectivity index (χ0) is 9.97. The smallest absolute Gasteiger partial charge is 0.239 e. The van der Waals surface area contributed by atoms with E-state index in [2.05, 4.69) is 15.1 Å². The lowest BCUT2D eigenvalue weighted by Gasteiger charge is -1.99. The normalized spacial score (nSPS) is 10.1. The molecule has 2 rings (SSSR count). The third-order valence-electron chi connectivity index (χ3n) is 1.49. The van der Waals surface area contributed by atoms with Crippen LogP contribution in [0, 0.1) is 0 Å². The Bertz CT molecular complexity index is 442. The van der Waals surface area contributed by atoms with Crippen molar-refractivity contribution >= 4 is 11.6 Å². The first-order valence-corrected chi connectivity index (χ1v) is 4.26. The van der Waals surface area contributed by atoms with Gasteiger partial charge in [0.1, 0.15) is 0 Å². The van der Waals surface area contributed by atoms with E-state index in [0.29, 0.717) is 16.8 Å². The number of hydrogen-bond acceptors (Lipinski definition) is 4. The first kappa shape index (κ1) is 8.96. The molecular formula is C8H7ClN4O. The molecule has 2 aromatic heterocycles. The highest BCUT2D eigenvalue weighted by Gasteiger charge is 2.01. The Balaban J connectivity index is 2.18. The van der Waals surface area contributed by atoms with Crippen molar-refractivity contribution in [2.75, 3.05) is 0 Å². The monoisotopic (exact) mass is 210 g/mol. The molecule has 72 valence electrons. The summed E-state index contributed by atoms with van der Waals surface area (Å²) in [6.07, 6.45) is 6.24. The van der Waals surface area contributed by atoms with Gasteiger partial charge in [0.15, 0.2) is 10.9 Å². The van der Waals surface area contributed by atoms with Crippen molar-refractivity contribution < 1.29 is 4.74 Å². The molecule has 2 aromatic rings. The van der Waals surface area contributed by atoms with E-state index < -0.39 is 0 Å². The predicted molar refractivity (Wildman–Crippen MR) is 50.3 cm³/mol. The lowest BCUT2D eigenvalue weighted by molar-refractivity contribution is 0.459. The number of nitrogens with zero attached hydrogens (tertiary/aromatic N) is 4. The van der Waals surface area contributed by atoms with Crippen LogP contribution >= 0.6 is 11.6 Å². The van der Waals surface area contributed by atoms with Crippen molar-refractivity contribution in [2.24, 2.45) is 7.05 Å². The zero-order valence-electron chi connectivity index (χ0n) is 7.38. The van der Waals surface area contributed by atoms with Crippen LogP contribution in [-0.2, 0) is 7.05 Å². The molecule has 0 N–H and O–H groups in total. The first-order chi connectivity index (χ1) is 6.74. The Kier molecular flexibility index (Phi) is 2.32. The van der Waals surface area contributed by atoms with E-state index in [4.69, 9.17) is 16.3 Å². The highest BCUT2D eigenvalue weighted by atomic mass is 35.5. The molecule has 0 bridgehead atoms. The second-order valence-electron chi connectivity index (χ2n) is 2.63. The van der Waals surface area contributed by atoms with E-state index in [-0.39, 0.29) is 0 Å². The number of halogens is 1. The minimum absolute atomic E-state index is 0.298. The van der Waals surface area contributed by atoms with Crippen molar-refractivity contribution in [3.05, 3.63) is 29.9 Å². The minimum atomic E-state index is 0.298. The van der Waals surface area contributed by atoms with Gasteiger partial charge in [0, 0.05) is 7.05 Å². The van der Waals surface area contributed by atoms with Gasteiger partial charge in [-0.3, -0.25) is 9.67 Å². The van der Waals surface area contributed by atoms with Crippen LogP contribution in [0.3, 0.4) is 0 Å². The topological polar surface area (TPSA) is 52.8 Å². The SMILES string of the molecule is Cn1cc(Oc2cncc(Cl)n2)cn1. The number of aromatic nitrogens is 4. The molecule has 0 saturated carbocycles. The average Bonchev–Trinajstić information content (AvgIpc) is 2.51. The van der Waals surface area contributed by atoms with Crippen LogP contribution in [0.5, 0.6) is 11.6 Å². The maximum atomic E-state index is 5.64. The molecule has 5 nitrogen and oxygen atoms in total. The number of aryl methyl sites for hydroxylation is 1. The van der Waals surface area contributed by atoms with Crippen molar-refractivity contribution in [3.8, 4) is 11.6 Å². The van der Waals surface area contributed by atoms with Gasteiger partial charge in [-0.2, -0.15) is 10.1 Å². The molecule has 0 aromatic carbocycles. The van der Waals surface area contributed by atoms with Gasteiger partial charge < -0.3 is 4.74 Å². The van der Waals surface area contributed by atoms with Crippen LogP contribution in [0.25, 0.3) is 0 Å². The van der Waals surface area contributed by atoms with E-state index in [1.54, 1.807) is 24.1 Å². The van der Waals surface area contributed by atoms with Gasteiger partial charge in [-0.1, -0.05) is 11.6 Å². The molecule has 14 heavy (non-hydrogen) atoms. The summed E-state index contributed by atoms with van der Waals surface area (Å²) >= 11 is 5.64. The van der Waals surface area contributed by atoms with Crippen molar-refractivity contribution in [2.45, 2.75) is 0 Å². The molecule has 0 aliphatic carbocycles. The second kappa shape index (κ2) is 3.63. The van der Waals surface area contributed by atoms with Gasteiger partial charge >= 0.3 is 0 Å². The molecule has 0 amide bonds. The third-order valence-corrected chi connectivity index (χ3v) is 1.67. The summed E-state index contributed by atoms with van der Waals surface area (Å²) < 4.78 is 6.97. The van der Waals surface area contributed by atoms with Crippen molar-refractivity contribution in [3.63, 3.8) is 0 Å². The highest BCUT2D eigenvalue weighted by Crippen LogP contribution is 2.18. The molecule has 0 spiro atoms. The fourth-order valence-electron chi connectivity index (χ4n) is 0.947. The quantitative estimate of drug-likeness (QED) is 0.757. The summed E-state index contributed by atoms with van der Waals surface area (Å²) in [5, 5.41) is 4.24. The Morgan fingerprint density at radius 1 is 1.36 bits per heavy atom. The lowest BCUT2D eigenvalue weighted by Crippen LogP contribution is -1.88. The molecule has 2 heterocycles. The van der Waals surface area contributed by atoms with Crippen molar-refractivity contribution in [1.82, 2.24) is 19.7 Å². The summed E-state index contributed by atoms with van der Waals surface area (Å²) in [7, 11) is 1.80. The van der Waals surface area contributed by atoms with Crippen LogP contribution in [0.2, 0.25) is 5.15 Å². The Labute approximate surface area is 85.3 Å². The van der Waals surface area contributed by atoms with Gasteiger partial charge in [0.05, 0.1) is 24.8 Å². The van der Waals surface area contributed by atoms with E-state index in [0.717, 1.165) is 0 Å². The van der Waals surface area contributed by atoms with Gasteiger partial charge in [0.25, 0.3) is 0 Å². The van der Waals surface area contributed by atoms with E-state index in [1.807, 2.05) is 0 Å². The van der Waals surface area contributed by atoms with Crippen LogP contribution in [0.1, 0.15) is 0 Å². The average molecular weight is 211 g/mol. The molecule has 0 aliphatic heterocycles. The summed E-state index contributed by atoms with van der Waals surface area (Å²) in [4.78, 5) is 7.76. The molecule has 0 aliphatic rings. The van der Waals surface area contributed by atoms with Gasteiger partial charge in [-0.05, 0) is 0 Å². The molecular weight excluding hydrogens is 204 g/mol. The predicted octanol–water partition coefficient (Wildman–Crippen LogP) is 1.66. The largest absolute Gasteiger partial charge is 0.434 e. The second-order valence-corrected chi connectivity index (χ2v) is 3.02. The van der Waals surface area contributed by atoms with Crippen LogP contribution in [0.15, 0.2) is 24.8 Å². The number of hydrogen-bond donors (Lipinski definition) is 0. The molecule has 0 atom stereocenters. The Morgan fingerprint density at radius 2 is 2.21 bits per heavy atom. The molecule has 0 fully saturated rings. The molecule has 0 unspecified atom stereocenters. The Morgan fingerprint density at radius 3 is 2.86 bits per heavy atom. The van der Waals surface area contributed by atoms with Gasteiger partial charge in [-0.15, -0.1) is 0 Å². The Hall–Kier alpha value is -1.62. The van der Waals surface area contributed by atoms with E-state index >= 15 is 0 Å². The van der Waals surface area contributed by atoms with Crippen LogP contribution < -0.4 is 4.74 Å². The minimum Gasteiger partial charge on any atom is -0.434 e. The van der Waals surface area contributed by atoms with Crippen LogP contribution in [-0.4, -0.2) is 19.7 Å².